The maximum Gasteiger partial charge on any atom is 0.335 e. The fraction of sp³-hybridized carbons (Fsp3) is 0.444. The third-order valence-corrected chi connectivity index (χ3v) is 6.35. The monoisotopic (exact) mass is 563 g/mol. The molecule has 11 nitrogen and oxygen atoms in total. The molecule has 0 aromatic heterocycles. The van der Waals surface area contributed by atoms with Gasteiger partial charge < -0.3 is 25.2 Å². The van der Waals surface area contributed by atoms with Crippen LogP contribution in [0.5, 0.6) is 5.75 Å². The van der Waals surface area contributed by atoms with Crippen molar-refractivity contribution in [2.45, 2.75) is 53.0 Å². The zero-order chi connectivity index (χ0) is 29.3. The minimum absolute atomic E-state index is 0.0111. The molecule has 1 fully saturated rings. The van der Waals surface area contributed by atoms with Gasteiger partial charge in [-0.05, 0) is 68.5 Å². The van der Waals surface area contributed by atoms with E-state index in [0.717, 1.165) is 31.3 Å². The van der Waals surface area contributed by atoms with Crippen LogP contribution in [-0.4, -0.2) is 61.9 Å². The van der Waals surface area contributed by atoms with Gasteiger partial charge in [0.1, 0.15) is 5.75 Å². The highest BCUT2D eigenvalue weighted by Crippen LogP contribution is 2.32. The molecule has 214 valence electrons. The molecule has 0 saturated carbocycles. The third-order valence-electron chi connectivity index (χ3n) is 5.76. The van der Waals surface area contributed by atoms with Crippen LogP contribution in [0.15, 0.2) is 36.4 Å². The Kier molecular flexibility index (Phi) is 11.1. The van der Waals surface area contributed by atoms with Gasteiger partial charge in [-0.15, -0.1) is 0 Å². The molecule has 12 heteroatoms. The number of rotatable bonds is 9. The Labute approximate surface area is 229 Å². The lowest BCUT2D eigenvalue weighted by atomic mass is 10.0. The van der Waals surface area contributed by atoms with E-state index < -0.39 is 22.0 Å². The van der Waals surface area contributed by atoms with Crippen molar-refractivity contribution in [3.63, 3.8) is 0 Å². The predicted molar refractivity (Wildman–Crippen MR) is 151 cm³/mol. The topological polar surface area (TPSA) is 162 Å². The zero-order valence-corrected chi connectivity index (χ0v) is 23.7. The van der Waals surface area contributed by atoms with Crippen molar-refractivity contribution in [3.8, 4) is 5.75 Å². The van der Waals surface area contributed by atoms with Gasteiger partial charge in [-0.25, -0.2) is 18.0 Å². The van der Waals surface area contributed by atoms with Crippen LogP contribution in [-0.2, 0) is 14.8 Å². The van der Waals surface area contributed by atoms with E-state index in [9.17, 15) is 22.8 Å². The standard InChI is InChI=1S/C15H20N2O3.C12H17NO5S/c1-10-5-3-4-8-17(10)14-7-6-12(15(19)20)9-13(14)16-11(2)18;1-8(2)7-18-11-5-4-9(12(14)15)6-10(11)13-19(3,16)17/h6-7,9-10H,3-5,8H2,1-2H3,(H,16,18)(H,19,20);4-6,8,13H,7H2,1-3H3,(H,14,15). The normalized spacial score (nSPS) is 15.1. The van der Waals surface area contributed by atoms with Gasteiger partial charge in [0.25, 0.3) is 0 Å². The smallest absolute Gasteiger partial charge is 0.335 e. The van der Waals surface area contributed by atoms with Crippen LogP contribution < -0.4 is 19.7 Å². The number of carbonyl (C=O) groups is 3. The molecule has 0 aliphatic carbocycles. The van der Waals surface area contributed by atoms with E-state index in [1.165, 1.54) is 37.6 Å². The third kappa shape index (κ3) is 10.1. The van der Waals surface area contributed by atoms with E-state index in [4.69, 9.17) is 14.9 Å². The molecule has 1 saturated heterocycles. The van der Waals surface area contributed by atoms with E-state index in [1.54, 1.807) is 12.1 Å². The number of sulfonamides is 1. The predicted octanol–water partition coefficient (Wildman–Crippen LogP) is 4.51. The molecular weight excluding hydrogens is 526 g/mol. The number of piperidine rings is 1. The van der Waals surface area contributed by atoms with Crippen molar-refractivity contribution in [3.05, 3.63) is 47.5 Å². The number of carboxylic acids is 2. The number of benzene rings is 2. The summed E-state index contributed by atoms with van der Waals surface area (Å²) in [5.41, 5.74) is 1.77. The molecule has 1 atom stereocenters. The molecule has 3 rings (SSSR count). The highest BCUT2D eigenvalue weighted by atomic mass is 32.2. The van der Waals surface area contributed by atoms with Crippen LogP contribution in [0.2, 0.25) is 0 Å². The first-order chi connectivity index (χ1) is 18.2. The van der Waals surface area contributed by atoms with E-state index >= 15 is 0 Å². The Morgan fingerprint density at radius 3 is 2.13 bits per heavy atom. The molecule has 1 amide bonds. The van der Waals surface area contributed by atoms with E-state index in [1.807, 2.05) is 13.8 Å². The summed E-state index contributed by atoms with van der Waals surface area (Å²) in [5.74, 6) is -1.74. The first-order valence-electron chi connectivity index (χ1n) is 12.6. The van der Waals surface area contributed by atoms with Crippen LogP contribution in [0.3, 0.4) is 0 Å². The molecule has 0 spiro atoms. The van der Waals surface area contributed by atoms with Gasteiger partial charge in [0, 0.05) is 19.5 Å². The summed E-state index contributed by atoms with van der Waals surface area (Å²) in [6.45, 7) is 8.83. The van der Waals surface area contributed by atoms with Crippen LogP contribution in [0.25, 0.3) is 0 Å². The molecule has 1 unspecified atom stereocenters. The maximum atomic E-state index is 11.3. The number of anilines is 3. The molecule has 4 N–H and O–H groups in total. The fourth-order valence-electron chi connectivity index (χ4n) is 3.99. The van der Waals surface area contributed by atoms with E-state index in [-0.39, 0.29) is 28.6 Å². The fourth-order valence-corrected chi connectivity index (χ4v) is 4.55. The number of amides is 1. The van der Waals surface area contributed by atoms with Gasteiger partial charge in [-0.2, -0.15) is 0 Å². The second-order valence-corrected chi connectivity index (χ2v) is 11.6. The number of nitrogens with one attached hydrogen (secondary N) is 2. The number of hydrogen-bond acceptors (Lipinski definition) is 7. The Hall–Kier alpha value is -3.80. The lowest BCUT2D eigenvalue weighted by molar-refractivity contribution is -0.114. The summed E-state index contributed by atoms with van der Waals surface area (Å²) in [6.07, 6.45) is 4.43. The van der Waals surface area contributed by atoms with Gasteiger partial charge in [0.2, 0.25) is 15.9 Å². The van der Waals surface area contributed by atoms with Crippen LogP contribution in [0.4, 0.5) is 17.1 Å². The summed E-state index contributed by atoms with van der Waals surface area (Å²) >= 11 is 0. The summed E-state index contributed by atoms with van der Waals surface area (Å²) in [5, 5.41) is 20.7. The number of ether oxygens (including phenoxy) is 1. The molecule has 1 aliphatic rings. The Bertz CT molecular complexity index is 1290. The highest BCUT2D eigenvalue weighted by molar-refractivity contribution is 7.92. The number of carbonyl (C=O) groups excluding carboxylic acids is 1. The molecule has 39 heavy (non-hydrogen) atoms. The summed E-state index contributed by atoms with van der Waals surface area (Å²) < 4.78 is 30.2. The number of carboxylic acid groups (broad SMARTS) is 2. The minimum Gasteiger partial charge on any atom is -0.491 e. The first-order valence-corrected chi connectivity index (χ1v) is 14.5. The van der Waals surface area contributed by atoms with Crippen LogP contribution in [0, 0.1) is 5.92 Å². The molecule has 2 aromatic carbocycles. The van der Waals surface area contributed by atoms with Crippen LogP contribution in [0.1, 0.15) is 67.7 Å². The largest absolute Gasteiger partial charge is 0.491 e. The SMILES string of the molecule is CC(=O)Nc1cc(C(=O)O)ccc1N1CCCCC1C.CC(C)COc1ccc(C(=O)O)cc1NS(C)(=O)=O. The summed E-state index contributed by atoms with van der Waals surface area (Å²) in [6, 6.07) is 9.34. The second-order valence-electron chi connectivity index (χ2n) is 9.85. The lowest BCUT2D eigenvalue weighted by Gasteiger charge is -2.36. The van der Waals surface area contributed by atoms with Crippen molar-refractivity contribution < 1.29 is 37.8 Å². The van der Waals surface area contributed by atoms with Crippen molar-refractivity contribution >= 4 is 44.9 Å². The molecule has 2 aromatic rings. The molecule has 0 bridgehead atoms. The zero-order valence-electron chi connectivity index (χ0n) is 22.9. The maximum absolute atomic E-state index is 11.3. The van der Waals surface area contributed by atoms with Gasteiger partial charge >= 0.3 is 11.9 Å². The Balaban J connectivity index is 0.000000274. The number of hydrogen-bond donors (Lipinski definition) is 4. The average molecular weight is 564 g/mol. The van der Waals surface area contributed by atoms with Gasteiger partial charge in [0.05, 0.1) is 41.1 Å². The summed E-state index contributed by atoms with van der Waals surface area (Å²) in [4.78, 5) is 35.5. The number of aromatic carboxylic acids is 2. The highest BCUT2D eigenvalue weighted by Gasteiger charge is 2.22. The average Bonchev–Trinajstić information content (AvgIpc) is 2.82. The molecule has 1 aliphatic heterocycles. The van der Waals surface area contributed by atoms with Crippen molar-refractivity contribution in [2.75, 3.05) is 34.3 Å². The minimum atomic E-state index is -3.50. The number of nitrogens with zero attached hydrogens (tertiary/aromatic N) is 1. The quantitative estimate of drug-likeness (QED) is 0.344. The summed E-state index contributed by atoms with van der Waals surface area (Å²) in [7, 11) is -3.50. The molecular formula is C27H37N3O8S. The van der Waals surface area contributed by atoms with E-state index in [0.29, 0.717) is 24.1 Å². The van der Waals surface area contributed by atoms with Gasteiger partial charge in [-0.3, -0.25) is 9.52 Å². The van der Waals surface area contributed by atoms with Crippen molar-refractivity contribution in [1.82, 2.24) is 0 Å². The first kappa shape index (κ1) is 31.4. The van der Waals surface area contributed by atoms with Gasteiger partial charge in [0.15, 0.2) is 0 Å². The van der Waals surface area contributed by atoms with Crippen molar-refractivity contribution in [2.24, 2.45) is 5.92 Å². The molecule has 0 radical (unpaired) electrons. The Morgan fingerprint density at radius 2 is 1.62 bits per heavy atom. The van der Waals surface area contributed by atoms with Crippen molar-refractivity contribution in [1.29, 1.82) is 0 Å². The second kappa shape index (κ2) is 13.8. The Morgan fingerprint density at radius 1 is 1.03 bits per heavy atom. The van der Waals surface area contributed by atoms with Gasteiger partial charge in [-0.1, -0.05) is 13.8 Å². The van der Waals surface area contributed by atoms with Crippen LogP contribution >= 0.6 is 0 Å². The lowest BCUT2D eigenvalue weighted by Crippen LogP contribution is -2.38. The molecule has 1 heterocycles. The van der Waals surface area contributed by atoms with E-state index in [2.05, 4.69) is 21.9 Å².